The summed E-state index contributed by atoms with van der Waals surface area (Å²) in [4.78, 5) is 2.33. The third kappa shape index (κ3) is 2.03. The molecule has 0 radical (unpaired) electrons. The van der Waals surface area contributed by atoms with Crippen LogP contribution in [0.25, 0.3) is 0 Å². The molecular weight excluding hydrogens is 164 g/mol. The zero-order valence-electron chi connectivity index (χ0n) is 8.37. The number of likely N-dealkylation sites (N-methyl/N-ethyl adjacent to an activating group) is 1. The summed E-state index contributed by atoms with van der Waals surface area (Å²) in [7, 11) is 2.14. The minimum atomic E-state index is -0.162. The third-order valence-electron chi connectivity index (χ3n) is 3.49. The lowest BCUT2D eigenvalue weighted by Crippen LogP contribution is -2.43. The first kappa shape index (κ1) is 9.44. The molecule has 2 rings (SSSR count). The van der Waals surface area contributed by atoms with Crippen molar-refractivity contribution < 1.29 is 5.11 Å². The van der Waals surface area contributed by atoms with Crippen molar-refractivity contribution in [3.05, 3.63) is 0 Å². The first-order chi connectivity index (χ1) is 6.27. The van der Waals surface area contributed by atoms with Crippen LogP contribution in [-0.2, 0) is 0 Å². The largest absolute Gasteiger partial charge is 0.390 e. The van der Waals surface area contributed by atoms with Gasteiger partial charge in [-0.15, -0.1) is 0 Å². The minimum absolute atomic E-state index is 0.162. The Morgan fingerprint density at radius 1 is 1.38 bits per heavy atom. The van der Waals surface area contributed by atoms with E-state index in [9.17, 15) is 5.11 Å². The third-order valence-corrected chi connectivity index (χ3v) is 3.49. The maximum absolute atomic E-state index is 9.66. The van der Waals surface area contributed by atoms with Crippen molar-refractivity contribution in [3.8, 4) is 0 Å². The van der Waals surface area contributed by atoms with Crippen LogP contribution in [0.5, 0.6) is 0 Å². The van der Waals surface area contributed by atoms with Crippen LogP contribution in [0.2, 0.25) is 0 Å². The van der Waals surface area contributed by atoms with Crippen molar-refractivity contribution in [2.24, 2.45) is 5.92 Å². The molecule has 0 aromatic heterocycles. The van der Waals surface area contributed by atoms with E-state index in [0.29, 0.717) is 6.04 Å². The Bertz CT molecular complexity index is 170. The molecule has 2 atom stereocenters. The van der Waals surface area contributed by atoms with Crippen LogP contribution < -0.4 is 5.32 Å². The quantitative estimate of drug-likeness (QED) is 0.650. The van der Waals surface area contributed by atoms with Crippen LogP contribution in [-0.4, -0.2) is 48.8 Å². The van der Waals surface area contributed by atoms with Gasteiger partial charge in [0.15, 0.2) is 0 Å². The van der Waals surface area contributed by atoms with E-state index in [4.69, 9.17) is 0 Å². The molecule has 76 valence electrons. The Kier molecular flexibility index (Phi) is 2.86. The van der Waals surface area contributed by atoms with Gasteiger partial charge in [-0.2, -0.15) is 0 Å². The Morgan fingerprint density at radius 3 is 2.62 bits per heavy atom. The Balaban J connectivity index is 1.77. The number of aliphatic hydroxyl groups excluding tert-OH is 1. The molecule has 2 unspecified atom stereocenters. The number of nitrogens with one attached hydrogen (secondary N) is 1. The van der Waals surface area contributed by atoms with Crippen molar-refractivity contribution in [1.82, 2.24) is 10.2 Å². The van der Waals surface area contributed by atoms with Crippen LogP contribution in [0.4, 0.5) is 0 Å². The first-order valence-corrected chi connectivity index (χ1v) is 5.36. The summed E-state index contributed by atoms with van der Waals surface area (Å²) in [5.74, 6) is 0.901. The molecule has 1 aliphatic carbocycles. The Labute approximate surface area is 80.1 Å². The monoisotopic (exact) mass is 184 g/mol. The molecule has 2 fully saturated rings. The highest BCUT2D eigenvalue weighted by atomic mass is 16.3. The van der Waals surface area contributed by atoms with Gasteiger partial charge in [0.05, 0.1) is 6.10 Å². The normalized spacial score (nSPS) is 35.3. The van der Waals surface area contributed by atoms with Crippen molar-refractivity contribution in [3.63, 3.8) is 0 Å². The maximum Gasteiger partial charge on any atom is 0.0831 e. The van der Waals surface area contributed by atoms with E-state index in [0.717, 1.165) is 19.0 Å². The first-order valence-electron chi connectivity index (χ1n) is 5.36. The molecule has 3 nitrogen and oxygen atoms in total. The summed E-state index contributed by atoms with van der Waals surface area (Å²) in [6, 6.07) is 0.348. The zero-order valence-corrected chi connectivity index (χ0v) is 8.37. The topological polar surface area (TPSA) is 35.5 Å². The number of aliphatic hydroxyl groups is 1. The van der Waals surface area contributed by atoms with Gasteiger partial charge < -0.3 is 10.4 Å². The molecule has 0 amide bonds. The van der Waals surface area contributed by atoms with Crippen LogP contribution in [0.1, 0.15) is 19.3 Å². The molecule has 13 heavy (non-hydrogen) atoms. The van der Waals surface area contributed by atoms with Crippen molar-refractivity contribution in [2.75, 3.05) is 26.7 Å². The van der Waals surface area contributed by atoms with Gasteiger partial charge in [0.1, 0.15) is 0 Å². The SMILES string of the molecule is CN(CC1CCC1)C1CNCC1O. The maximum atomic E-state index is 9.66. The number of hydrogen-bond acceptors (Lipinski definition) is 3. The fourth-order valence-corrected chi connectivity index (χ4v) is 2.32. The summed E-state index contributed by atoms with van der Waals surface area (Å²) in [5.41, 5.74) is 0. The molecule has 0 aromatic carbocycles. The lowest BCUT2D eigenvalue weighted by Gasteiger charge is -2.34. The highest BCUT2D eigenvalue weighted by molar-refractivity contribution is 4.88. The number of rotatable bonds is 3. The molecule has 1 saturated heterocycles. The zero-order chi connectivity index (χ0) is 9.26. The minimum Gasteiger partial charge on any atom is -0.390 e. The van der Waals surface area contributed by atoms with E-state index < -0.39 is 0 Å². The molecule has 0 bridgehead atoms. The lowest BCUT2D eigenvalue weighted by molar-refractivity contribution is 0.0787. The standard InChI is InChI=1S/C10H20N2O/c1-12(7-8-3-2-4-8)9-5-11-6-10(9)13/h8-11,13H,2-7H2,1H3. The van der Waals surface area contributed by atoms with Gasteiger partial charge in [-0.25, -0.2) is 0 Å². The van der Waals surface area contributed by atoms with E-state index in [1.807, 2.05) is 0 Å². The summed E-state index contributed by atoms with van der Waals surface area (Å²) >= 11 is 0. The van der Waals surface area contributed by atoms with Gasteiger partial charge in [-0.1, -0.05) is 6.42 Å². The van der Waals surface area contributed by atoms with Gasteiger partial charge >= 0.3 is 0 Å². The molecule has 2 aliphatic rings. The van der Waals surface area contributed by atoms with Crippen LogP contribution >= 0.6 is 0 Å². The van der Waals surface area contributed by atoms with E-state index in [1.54, 1.807) is 0 Å². The fourth-order valence-electron chi connectivity index (χ4n) is 2.32. The average molecular weight is 184 g/mol. The van der Waals surface area contributed by atoms with Gasteiger partial charge in [-0.05, 0) is 25.8 Å². The summed E-state index contributed by atoms with van der Waals surface area (Å²) in [6.45, 7) is 2.88. The second-order valence-electron chi connectivity index (χ2n) is 4.53. The van der Waals surface area contributed by atoms with E-state index in [1.165, 1.54) is 25.8 Å². The predicted octanol–water partition coefficient (Wildman–Crippen LogP) is 0.0510. The van der Waals surface area contributed by atoms with E-state index in [2.05, 4.69) is 17.3 Å². The summed E-state index contributed by atoms with van der Waals surface area (Å²) in [6.07, 6.45) is 4.02. The molecule has 1 saturated carbocycles. The van der Waals surface area contributed by atoms with Gasteiger partial charge in [0.2, 0.25) is 0 Å². The van der Waals surface area contributed by atoms with Crippen molar-refractivity contribution >= 4 is 0 Å². The Morgan fingerprint density at radius 2 is 2.15 bits per heavy atom. The molecule has 0 spiro atoms. The highest BCUT2D eigenvalue weighted by Crippen LogP contribution is 2.27. The van der Waals surface area contributed by atoms with Crippen LogP contribution in [0, 0.1) is 5.92 Å². The predicted molar refractivity (Wildman–Crippen MR) is 52.6 cm³/mol. The number of β-amino-alcohol motifs (C(OH)–C–C–N with tert-alkyl or cyclic N) is 1. The molecule has 1 heterocycles. The number of nitrogens with zero attached hydrogens (tertiary/aromatic N) is 1. The van der Waals surface area contributed by atoms with Gasteiger partial charge in [0, 0.05) is 25.7 Å². The van der Waals surface area contributed by atoms with Gasteiger partial charge in [-0.3, -0.25) is 4.90 Å². The van der Waals surface area contributed by atoms with E-state index >= 15 is 0 Å². The van der Waals surface area contributed by atoms with Crippen molar-refractivity contribution in [1.29, 1.82) is 0 Å². The summed E-state index contributed by atoms with van der Waals surface area (Å²) < 4.78 is 0. The molecule has 2 N–H and O–H groups in total. The number of hydrogen-bond donors (Lipinski definition) is 2. The van der Waals surface area contributed by atoms with Crippen LogP contribution in [0.15, 0.2) is 0 Å². The van der Waals surface area contributed by atoms with Gasteiger partial charge in [0.25, 0.3) is 0 Å². The Hall–Kier alpha value is -0.120. The van der Waals surface area contributed by atoms with Crippen molar-refractivity contribution in [2.45, 2.75) is 31.4 Å². The molecule has 3 heteroatoms. The van der Waals surface area contributed by atoms with E-state index in [-0.39, 0.29) is 6.10 Å². The molecule has 0 aromatic rings. The average Bonchev–Trinajstić information content (AvgIpc) is 2.43. The second-order valence-corrected chi connectivity index (χ2v) is 4.53. The smallest absolute Gasteiger partial charge is 0.0831 e. The highest BCUT2D eigenvalue weighted by Gasteiger charge is 2.30. The summed E-state index contributed by atoms with van der Waals surface area (Å²) in [5, 5.41) is 12.9. The molecular formula is C10H20N2O. The van der Waals surface area contributed by atoms with Crippen LogP contribution in [0.3, 0.4) is 0 Å². The fraction of sp³-hybridized carbons (Fsp3) is 1.00. The lowest BCUT2D eigenvalue weighted by atomic mass is 9.85. The molecule has 1 aliphatic heterocycles. The second kappa shape index (κ2) is 3.95.